The van der Waals surface area contributed by atoms with E-state index in [2.05, 4.69) is 20.8 Å². The van der Waals surface area contributed by atoms with Gasteiger partial charge in [-0.05, 0) is 60.6 Å². The number of ketones is 1. The zero-order valence-corrected chi connectivity index (χ0v) is 21.2. The van der Waals surface area contributed by atoms with Crippen LogP contribution in [-0.2, 0) is 15.0 Å². The number of ether oxygens (including phenoxy) is 2. The molecular formula is C28H35NO5. The zero-order chi connectivity index (χ0) is 25.2. The molecule has 0 spiro atoms. The lowest BCUT2D eigenvalue weighted by molar-refractivity contribution is -0.139. The first-order valence-corrected chi connectivity index (χ1v) is 11.8. The highest BCUT2D eigenvalue weighted by atomic mass is 16.5. The zero-order valence-electron chi connectivity index (χ0n) is 21.2. The van der Waals surface area contributed by atoms with Crippen molar-refractivity contribution < 1.29 is 24.2 Å². The number of nitrogens with zero attached hydrogens (tertiary/aromatic N) is 1. The molecule has 34 heavy (non-hydrogen) atoms. The van der Waals surface area contributed by atoms with Crippen molar-refractivity contribution in [2.75, 3.05) is 20.3 Å². The third kappa shape index (κ3) is 4.67. The summed E-state index contributed by atoms with van der Waals surface area (Å²) >= 11 is 0. The Bertz CT molecular complexity index is 1130. The van der Waals surface area contributed by atoms with Gasteiger partial charge in [0, 0.05) is 12.1 Å². The molecule has 2 aromatic rings. The minimum Gasteiger partial charge on any atom is -0.507 e. The molecule has 182 valence electrons. The number of hydrogen-bond donors (Lipinski definition) is 1. The Morgan fingerprint density at radius 2 is 1.76 bits per heavy atom. The summed E-state index contributed by atoms with van der Waals surface area (Å²) < 4.78 is 11.1. The predicted molar refractivity (Wildman–Crippen MR) is 133 cm³/mol. The van der Waals surface area contributed by atoms with Gasteiger partial charge in [-0.2, -0.15) is 0 Å². The average Bonchev–Trinajstić information content (AvgIpc) is 3.03. The minimum absolute atomic E-state index is 0.0974. The first kappa shape index (κ1) is 25.3. The van der Waals surface area contributed by atoms with Crippen LogP contribution in [0, 0.1) is 6.92 Å². The lowest BCUT2D eigenvalue weighted by Crippen LogP contribution is -2.30. The average molecular weight is 466 g/mol. The maximum atomic E-state index is 13.3. The van der Waals surface area contributed by atoms with Crippen molar-refractivity contribution in [3.05, 3.63) is 64.2 Å². The molecule has 1 unspecified atom stereocenters. The monoisotopic (exact) mass is 465 g/mol. The molecule has 1 N–H and O–H groups in total. The number of likely N-dealkylation sites (tertiary alicyclic amines) is 1. The highest BCUT2D eigenvalue weighted by molar-refractivity contribution is 6.46. The summed E-state index contributed by atoms with van der Waals surface area (Å²) in [5, 5.41) is 11.5. The second-order valence-corrected chi connectivity index (χ2v) is 9.62. The number of Topliss-reactive ketones (excluding diaryl/α,β-unsaturated/α-hetero) is 1. The number of hydrogen-bond acceptors (Lipinski definition) is 5. The molecule has 2 aromatic carbocycles. The minimum atomic E-state index is -0.720. The number of aliphatic hydroxyl groups is 1. The van der Waals surface area contributed by atoms with Crippen molar-refractivity contribution in [2.24, 2.45) is 0 Å². The lowest BCUT2D eigenvalue weighted by atomic mass is 9.84. The summed E-state index contributed by atoms with van der Waals surface area (Å²) in [5.41, 5.74) is 3.06. The van der Waals surface area contributed by atoms with E-state index in [-0.39, 0.29) is 16.7 Å². The summed E-state index contributed by atoms with van der Waals surface area (Å²) in [5.74, 6) is -0.348. The normalized spacial score (nSPS) is 17.9. The summed E-state index contributed by atoms with van der Waals surface area (Å²) in [6.07, 6.45) is 0.677. The molecule has 0 saturated carbocycles. The molecule has 0 bridgehead atoms. The fraction of sp³-hybridized carbons (Fsp3) is 0.429. The molecule has 6 heteroatoms. The molecule has 1 fully saturated rings. The van der Waals surface area contributed by atoms with E-state index in [1.165, 1.54) is 4.90 Å². The van der Waals surface area contributed by atoms with Crippen molar-refractivity contribution >= 4 is 17.4 Å². The standard InChI is InChI=1S/C28H35NO5/c1-8-14-29-24(18-11-13-21(33-7)22(15-18)34-9-2)23(26(31)27(29)32)25(30)20-16-19(28(4,5)6)12-10-17(20)3/h10-13,15-16,24,30H,8-9,14H2,1-7H3/b25-23+. The SMILES string of the molecule is CCCN1C(=O)C(=O)/C(=C(/O)c2cc(C(C)(C)C)ccc2C)C1c1ccc(OC)c(OCC)c1. The van der Waals surface area contributed by atoms with E-state index in [0.29, 0.717) is 42.2 Å². The number of aliphatic hydroxyl groups excluding tert-OH is 1. The quantitative estimate of drug-likeness (QED) is 0.330. The Hall–Kier alpha value is -3.28. The summed E-state index contributed by atoms with van der Waals surface area (Å²) in [7, 11) is 1.56. The first-order chi connectivity index (χ1) is 16.0. The fourth-order valence-corrected chi connectivity index (χ4v) is 4.32. The Labute approximate surface area is 202 Å². The van der Waals surface area contributed by atoms with Crippen molar-refractivity contribution in [1.29, 1.82) is 0 Å². The molecule has 1 amide bonds. The molecule has 3 rings (SSSR count). The van der Waals surface area contributed by atoms with E-state index in [1.807, 2.05) is 45.0 Å². The number of methoxy groups -OCH3 is 1. The fourth-order valence-electron chi connectivity index (χ4n) is 4.32. The first-order valence-electron chi connectivity index (χ1n) is 11.8. The topological polar surface area (TPSA) is 76.1 Å². The van der Waals surface area contributed by atoms with E-state index >= 15 is 0 Å². The van der Waals surface area contributed by atoms with Crippen LogP contribution in [0.3, 0.4) is 0 Å². The molecule has 1 saturated heterocycles. The smallest absolute Gasteiger partial charge is 0.295 e. The third-order valence-electron chi connectivity index (χ3n) is 6.17. The van der Waals surface area contributed by atoms with Crippen molar-refractivity contribution in [2.45, 2.75) is 59.4 Å². The number of carbonyl (C=O) groups is 2. The molecule has 1 atom stereocenters. The van der Waals surface area contributed by atoms with Gasteiger partial charge in [0.15, 0.2) is 11.5 Å². The maximum absolute atomic E-state index is 13.3. The number of amides is 1. The molecular weight excluding hydrogens is 430 g/mol. The van der Waals surface area contributed by atoms with Crippen molar-refractivity contribution in [3.8, 4) is 11.5 Å². The summed E-state index contributed by atoms with van der Waals surface area (Å²) in [6, 6.07) is 10.5. The van der Waals surface area contributed by atoms with E-state index in [4.69, 9.17) is 9.47 Å². The molecule has 6 nitrogen and oxygen atoms in total. The Morgan fingerprint density at radius 1 is 1.06 bits per heavy atom. The molecule has 1 heterocycles. The number of carbonyl (C=O) groups excluding carboxylic acids is 2. The van der Waals surface area contributed by atoms with Crippen LogP contribution < -0.4 is 9.47 Å². The van der Waals surface area contributed by atoms with Crippen LogP contribution in [0.1, 0.15) is 69.3 Å². The predicted octanol–water partition coefficient (Wildman–Crippen LogP) is 5.53. The van der Waals surface area contributed by atoms with Crippen LogP contribution in [0.4, 0.5) is 0 Å². The van der Waals surface area contributed by atoms with Gasteiger partial charge in [0.25, 0.3) is 11.7 Å². The molecule has 1 aliphatic heterocycles. The van der Waals surface area contributed by atoms with Crippen molar-refractivity contribution in [3.63, 3.8) is 0 Å². The molecule has 0 aliphatic carbocycles. The van der Waals surface area contributed by atoms with E-state index in [1.54, 1.807) is 19.2 Å². The number of rotatable bonds is 7. The van der Waals surface area contributed by atoms with Gasteiger partial charge in [-0.15, -0.1) is 0 Å². The van der Waals surface area contributed by atoms with Crippen LogP contribution in [0.25, 0.3) is 5.76 Å². The third-order valence-corrected chi connectivity index (χ3v) is 6.17. The Kier molecular flexibility index (Phi) is 7.39. The molecule has 1 aliphatic rings. The number of aryl methyl sites for hydroxylation is 1. The van der Waals surface area contributed by atoms with Gasteiger partial charge >= 0.3 is 0 Å². The van der Waals surface area contributed by atoms with Crippen LogP contribution in [0.5, 0.6) is 11.5 Å². The lowest BCUT2D eigenvalue weighted by Gasteiger charge is -2.26. The second-order valence-electron chi connectivity index (χ2n) is 9.62. The van der Waals surface area contributed by atoms with Gasteiger partial charge in [-0.25, -0.2) is 0 Å². The van der Waals surface area contributed by atoms with Crippen molar-refractivity contribution in [1.82, 2.24) is 4.90 Å². The van der Waals surface area contributed by atoms with Gasteiger partial charge in [0.1, 0.15) is 5.76 Å². The van der Waals surface area contributed by atoms with Gasteiger partial charge < -0.3 is 19.5 Å². The Morgan fingerprint density at radius 3 is 2.35 bits per heavy atom. The van der Waals surface area contributed by atoms with Crippen LogP contribution in [0.15, 0.2) is 42.0 Å². The van der Waals surface area contributed by atoms with E-state index in [0.717, 1.165) is 11.1 Å². The summed E-state index contributed by atoms with van der Waals surface area (Å²) in [6.45, 7) is 12.8. The second kappa shape index (κ2) is 9.92. The van der Waals surface area contributed by atoms with Crippen LogP contribution >= 0.6 is 0 Å². The van der Waals surface area contributed by atoms with E-state index < -0.39 is 17.7 Å². The van der Waals surface area contributed by atoms with Gasteiger partial charge in [0.05, 0.1) is 25.3 Å². The highest BCUT2D eigenvalue weighted by Gasteiger charge is 2.46. The summed E-state index contributed by atoms with van der Waals surface area (Å²) in [4.78, 5) is 27.8. The van der Waals surface area contributed by atoms with Gasteiger partial charge in [-0.1, -0.05) is 45.9 Å². The molecule has 0 aromatic heterocycles. The Balaban J connectivity index is 2.26. The molecule has 0 radical (unpaired) electrons. The van der Waals surface area contributed by atoms with Gasteiger partial charge in [0.2, 0.25) is 0 Å². The number of benzene rings is 2. The largest absolute Gasteiger partial charge is 0.507 e. The van der Waals surface area contributed by atoms with Crippen LogP contribution in [0.2, 0.25) is 0 Å². The highest BCUT2D eigenvalue weighted by Crippen LogP contribution is 2.42. The van der Waals surface area contributed by atoms with Crippen LogP contribution in [-0.4, -0.2) is 42.0 Å². The van der Waals surface area contributed by atoms with E-state index in [9.17, 15) is 14.7 Å². The van der Waals surface area contributed by atoms with Gasteiger partial charge in [-0.3, -0.25) is 9.59 Å². The maximum Gasteiger partial charge on any atom is 0.295 e.